The quantitative estimate of drug-likeness (QED) is 0.120. The number of carboxylic acids is 1. The van der Waals surface area contributed by atoms with Gasteiger partial charge in [0.25, 0.3) is 5.97 Å². The standard InChI is InChI=1S/C8H7ClIN3.C8H10ClN3O.C8H8ClN3.C8H9IN4.C6H8ClN3.C6H4ClN3.C2H4O2/c1-4-3-13-5(2)12-8(10)6(13)7(9)11-4;1-5-3-11-7(8(9)12-5)4-10-6(2)13;1-5-4-12-6(2)10-3-7(12)8(9)11-5;1-4-3-13-5(2)12-7(9)6(13)8(10)11-4;2*1-4-3-9-5(2-8)6(7)10-4;1-2(3)4/h3H,1-2H3;3H,4H2,1-2H3,(H,10,13);3-4H,1-2H3;3H,1-2H3,(H2,10,11);3H,2,8H2,1H3;3H,1H3;1H3,(H,3,4). The second-order valence-electron chi connectivity index (χ2n) is 15.4. The lowest BCUT2D eigenvalue weighted by molar-refractivity contribution is -0.134. The van der Waals surface area contributed by atoms with Crippen LogP contribution in [0.25, 0.3) is 16.6 Å². The minimum absolute atomic E-state index is 0.113. The summed E-state index contributed by atoms with van der Waals surface area (Å²) in [6, 6.07) is 1.82. The summed E-state index contributed by atoms with van der Waals surface area (Å²) in [5, 5.41) is 20.3. The highest BCUT2D eigenvalue weighted by Crippen LogP contribution is 2.23. The number of nitrogens with zero attached hydrogens (tertiary/aromatic N) is 16. The van der Waals surface area contributed by atoms with Gasteiger partial charge in [-0.3, -0.25) is 32.8 Å². The molecule has 0 unspecified atom stereocenters. The largest absolute Gasteiger partial charge is 0.481 e. The molecule has 6 N–H and O–H groups in total. The molecule has 0 aliphatic heterocycles. The molecule has 9 heterocycles. The average Bonchev–Trinajstić information content (AvgIpc) is 3.93. The molecule has 0 saturated heterocycles. The van der Waals surface area contributed by atoms with E-state index < -0.39 is 5.97 Å². The van der Waals surface area contributed by atoms with Gasteiger partial charge in [-0.1, -0.05) is 58.0 Å². The summed E-state index contributed by atoms with van der Waals surface area (Å²) in [6.45, 7) is 20.2. The van der Waals surface area contributed by atoms with Crippen LogP contribution in [-0.4, -0.2) is 90.0 Å². The molecule has 0 aromatic carbocycles. The van der Waals surface area contributed by atoms with Gasteiger partial charge in [-0.2, -0.15) is 5.26 Å². The van der Waals surface area contributed by atoms with Gasteiger partial charge in [-0.15, -0.1) is 0 Å². The van der Waals surface area contributed by atoms with E-state index in [1.807, 2.05) is 86.3 Å². The van der Waals surface area contributed by atoms with Crippen LogP contribution in [-0.2, 0) is 22.7 Å². The van der Waals surface area contributed by atoms with Gasteiger partial charge in [0.1, 0.15) is 47.5 Å². The van der Waals surface area contributed by atoms with Crippen molar-refractivity contribution in [2.75, 3.05) is 5.73 Å². The van der Waals surface area contributed by atoms with Crippen LogP contribution in [0.1, 0.15) is 82.6 Å². The second-order valence-corrected chi connectivity index (χ2v) is 19.2. The first-order chi connectivity index (χ1) is 35.2. The molecule has 0 aliphatic rings. The number of fused-ring (bicyclic) bond motifs is 3. The topological polar surface area (TPSA) is 310 Å². The number of hydrogen-bond acceptors (Lipinski definition) is 17. The van der Waals surface area contributed by atoms with Crippen LogP contribution >= 0.6 is 103 Å². The zero-order valence-corrected chi connectivity index (χ0v) is 50.3. The van der Waals surface area contributed by atoms with E-state index in [1.54, 1.807) is 32.4 Å². The molecule has 29 heteroatoms. The van der Waals surface area contributed by atoms with Crippen LogP contribution in [0, 0.1) is 81.0 Å². The fourth-order valence-corrected chi connectivity index (χ4v) is 8.99. The van der Waals surface area contributed by atoms with Crippen LogP contribution in [0.3, 0.4) is 0 Å². The number of amides is 1. The van der Waals surface area contributed by atoms with Crippen molar-refractivity contribution in [3.05, 3.63) is 145 Å². The Balaban J connectivity index is 0.000000234. The SMILES string of the molecule is CC(=O)NCc1ncc(C)nc1Cl.CC(=O)O.Cc1cn2c(C)nc(I)c2c(Cl)n1.Cc1cn2c(C)nc(I)c2c(N)n1.Cc1cn2c(C)ncc2c(Cl)n1.Cc1cnc(C#N)c(Cl)n1.Cc1cnc(CN)c(Cl)n1. The van der Waals surface area contributed by atoms with E-state index in [-0.39, 0.29) is 16.8 Å². The summed E-state index contributed by atoms with van der Waals surface area (Å²) in [7, 11) is 0. The van der Waals surface area contributed by atoms with Gasteiger partial charge < -0.3 is 21.9 Å². The number of halogens is 7. The lowest BCUT2D eigenvalue weighted by Crippen LogP contribution is -2.20. The van der Waals surface area contributed by atoms with E-state index >= 15 is 0 Å². The first kappa shape index (κ1) is 63.5. The van der Waals surface area contributed by atoms with Gasteiger partial charge in [0.2, 0.25) is 5.91 Å². The number of aryl methyl sites for hydroxylation is 9. The molecule has 9 rings (SSSR count). The van der Waals surface area contributed by atoms with E-state index in [9.17, 15) is 4.79 Å². The fraction of sp³-hybridized carbons (Fsp3) is 0.283. The Bertz CT molecular complexity index is 3400. The molecule has 75 heavy (non-hydrogen) atoms. The minimum Gasteiger partial charge on any atom is -0.481 e. The maximum Gasteiger partial charge on any atom is 0.300 e. The van der Waals surface area contributed by atoms with Crippen LogP contribution in [0.2, 0.25) is 25.8 Å². The zero-order valence-electron chi connectivity index (χ0n) is 42.2. The van der Waals surface area contributed by atoms with Crippen LogP contribution in [0.15, 0.2) is 43.4 Å². The zero-order chi connectivity index (χ0) is 56.4. The summed E-state index contributed by atoms with van der Waals surface area (Å²) in [6.07, 6.45) is 12.3. The highest BCUT2D eigenvalue weighted by atomic mass is 127. The number of aromatic nitrogens is 15. The molecule has 22 nitrogen and oxygen atoms in total. The second kappa shape index (κ2) is 30.1. The molecule has 0 radical (unpaired) electrons. The van der Waals surface area contributed by atoms with Gasteiger partial charge >= 0.3 is 0 Å². The number of hydrogen-bond donors (Lipinski definition) is 4. The molecular formula is C46H50Cl5I2N19O3. The highest BCUT2D eigenvalue weighted by molar-refractivity contribution is 14.1. The molecule has 0 bridgehead atoms. The highest BCUT2D eigenvalue weighted by Gasteiger charge is 2.12. The first-order valence-corrected chi connectivity index (χ1v) is 25.6. The molecule has 9 aromatic rings. The van der Waals surface area contributed by atoms with E-state index in [0.29, 0.717) is 56.6 Å². The summed E-state index contributed by atoms with van der Waals surface area (Å²) < 4.78 is 7.67. The van der Waals surface area contributed by atoms with E-state index in [1.165, 1.54) is 13.1 Å². The van der Waals surface area contributed by atoms with E-state index in [2.05, 4.69) is 110 Å². The Kier molecular flexibility index (Phi) is 25.5. The third-order valence-electron chi connectivity index (χ3n) is 9.01. The normalized spacial score (nSPS) is 10.1. The van der Waals surface area contributed by atoms with Gasteiger partial charge in [-0.05, 0) is 107 Å². The lowest BCUT2D eigenvalue weighted by Gasteiger charge is -2.03. The number of rotatable bonds is 3. The molecule has 0 fully saturated rings. The summed E-state index contributed by atoms with van der Waals surface area (Å²) >= 11 is 33.2. The van der Waals surface area contributed by atoms with E-state index in [0.717, 1.165) is 76.8 Å². The van der Waals surface area contributed by atoms with Crippen molar-refractivity contribution in [1.82, 2.24) is 78.3 Å². The molecule has 1 amide bonds. The van der Waals surface area contributed by atoms with Gasteiger partial charge in [0.15, 0.2) is 37.3 Å². The third kappa shape index (κ3) is 19.7. The average molecular weight is 1350 g/mol. The number of nitrogens with one attached hydrogen (secondary N) is 1. The van der Waals surface area contributed by atoms with Gasteiger partial charge in [-0.25, -0.2) is 49.8 Å². The number of carbonyl (C=O) groups excluding carboxylic acids is 1. The number of nitrogens with two attached hydrogens (primary N) is 2. The predicted octanol–water partition coefficient (Wildman–Crippen LogP) is 9.51. The smallest absolute Gasteiger partial charge is 0.300 e. The number of nitriles is 1. The van der Waals surface area contributed by atoms with Crippen molar-refractivity contribution in [3.8, 4) is 6.07 Å². The molecule has 0 atom stereocenters. The van der Waals surface area contributed by atoms with Crippen molar-refractivity contribution < 1.29 is 14.7 Å². The predicted molar refractivity (Wildman–Crippen MR) is 306 cm³/mol. The number of nitrogen functional groups attached to an aromatic ring is 1. The molecule has 0 aliphatic carbocycles. The van der Waals surface area contributed by atoms with Gasteiger partial charge in [0, 0.05) is 57.6 Å². The van der Waals surface area contributed by atoms with Crippen molar-refractivity contribution in [2.45, 2.75) is 89.3 Å². The lowest BCUT2D eigenvalue weighted by atomic mass is 10.4. The van der Waals surface area contributed by atoms with Crippen molar-refractivity contribution >= 4 is 137 Å². The number of aliphatic carboxylic acids is 1. The van der Waals surface area contributed by atoms with Crippen molar-refractivity contribution in [1.29, 1.82) is 5.26 Å². The summed E-state index contributed by atoms with van der Waals surface area (Å²) in [4.78, 5) is 68.4. The molecular weight excluding hydrogens is 1300 g/mol. The summed E-state index contributed by atoms with van der Waals surface area (Å²) in [5.41, 5.74) is 20.2. The van der Waals surface area contributed by atoms with Crippen molar-refractivity contribution in [3.63, 3.8) is 0 Å². The maximum absolute atomic E-state index is 10.6. The molecule has 0 spiro atoms. The van der Waals surface area contributed by atoms with Crippen molar-refractivity contribution in [2.24, 2.45) is 5.73 Å². The Labute approximate surface area is 483 Å². The Morgan fingerprint density at radius 3 is 1.49 bits per heavy atom. The van der Waals surface area contributed by atoms with Crippen LogP contribution < -0.4 is 16.8 Å². The first-order valence-electron chi connectivity index (χ1n) is 21.6. The number of carbonyl (C=O) groups is 2. The summed E-state index contributed by atoms with van der Waals surface area (Å²) in [5.74, 6) is 2.41. The number of carboxylic acid groups (broad SMARTS) is 1. The van der Waals surface area contributed by atoms with Gasteiger partial charge in [0.05, 0.1) is 58.3 Å². The van der Waals surface area contributed by atoms with E-state index in [4.69, 9.17) is 84.6 Å². The fourth-order valence-electron chi connectivity index (χ4n) is 5.76. The number of imidazole rings is 3. The molecule has 9 aromatic heterocycles. The third-order valence-corrected chi connectivity index (χ3v) is 11.9. The molecule has 396 valence electrons. The monoisotopic (exact) mass is 1350 g/mol. The Morgan fingerprint density at radius 2 is 1.01 bits per heavy atom. The molecule has 0 saturated carbocycles. The maximum atomic E-state index is 10.6. The number of anilines is 1. The Hall–Kier alpha value is -5.80. The Morgan fingerprint density at radius 1 is 0.587 bits per heavy atom. The van der Waals surface area contributed by atoms with Crippen LogP contribution in [0.5, 0.6) is 0 Å². The minimum atomic E-state index is -0.833. The van der Waals surface area contributed by atoms with Crippen LogP contribution in [0.4, 0.5) is 5.82 Å².